The van der Waals surface area contributed by atoms with Crippen LogP contribution >= 0.6 is 0 Å². The highest BCUT2D eigenvalue weighted by molar-refractivity contribution is 5.94. The molecule has 1 aliphatic rings. The van der Waals surface area contributed by atoms with E-state index in [2.05, 4.69) is 10.6 Å². The first-order valence-electron chi connectivity index (χ1n) is 9.65. The van der Waals surface area contributed by atoms with Gasteiger partial charge in [0.1, 0.15) is 0 Å². The number of rotatable bonds is 6. The van der Waals surface area contributed by atoms with Gasteiger partial charge in [-0.1, -0.05) is 24.3 Å². The molecule has 3 amide bonds. The van der Waals surface area contributed by atoms with Crippen molar-refractivity contribution in [3.8, 4) is 0 Å². The predicted octanol–water partition coefficient (Wildman–Crippen LogP) is 3.02. The average Bonchev–Trinajstić information content (AvgIpc) is 3.11. The third kappa shape index (κ3) is 5.34. The standard InChI is InChI=1S/C22H25N3O4/c1-3-29-21(27)13-16-4-7-19(8-5-16)24-22(28)23-14-17-6-9-20-18(12-17)10-11-25(20)15(2)26/h4-9,12H,3,10-11,13-14H2,1-2H3,(H2,23,24,28). The fourth-order valence-electron chi connectivity index (χ4n) is 3.33. The summed E-state index contributed by atoms with van der Waals surface area (Å²) in [6, 6.07) is 12.6. The summed E-state index contributed by atoms with van der Waals surface area (Å²) in [5.74, 6) is -0.228. The van der Waals surface area contributed by atoms with Gasteiger partial charge in [0, 0.05) is 31.4 Å². The second kappa shape index (κ2) is 9.23. The zero-order valence-electron chi connectivity index (χ0n) is 16.7. The average molecular weight is 395 g/mol. The van der Waals surface area contributed by atoms with Gasteiger partial charge in [-0.3, -0.25) is 9.59 Å². The molecule has 0 unspecified atom stereocenters. The molecule has 2 aromatic rings. The highest BCUT2D eigenvalue weighted by atomic mass is 16.5. The van der Waals surface area contributed by atoms with Crippen molar-refractivity contribution in [2.24, 2.45) is 0 Å². The van der Waals surface area contributed by atoms with Gasteiger partial charge < -0.3 is 20.3 Å². The van der Waals surface area contributed by atoms with Crippen molar-refractivity contribution in [2.45, 2.75) is 33.2 Å². The van der Waals surface area contributed by atoms with E-state index in [0.29, 0.717) is 25.4 Å². The third-order valence-electron chi connectivity index (χ3n) is 4.74. The van der Waals surface area contributed by atoms with Crippen molar-refractivity contribution >= 4 is 29.3 Å². The molecule has 0 fully saturated rings. The molecule has 7 heteroatoms. The summed E-state index contributed by atoms with van der Waals surface area (Å²) in [4.78, 5) is 37.0. The molecule has 3 rings (SSSR count). The molecule has 152 valence electrons. The summed E-state index contributed by atoms with van der Waals surface area (Å²) >= 11 is 0. The van der Waals surface area contributed by atoms with Crippen molar-refractivity contribution in [3.63, 3.8) is 0 Å². The number of hydrogen-bond acceptors (Lipinski definition) is 4. The molecule has 0 bridgehead atoms. The molecular weight excluding hydrogens is 370 g/mol. The quantitative estimate of drug-likeness (QED) is 0.736. The summed E-state index contributed by atoms with van der Waals surface area (Å²) in [6.45, 7) is 4.79. The monoisotopic (exact) mass is 395 g/mol. The molecule has 0 spiro atoms. The van der Waals surface area contributed by atoms with E-state index in [1.54, 1.807) is 43.0 Å². The molecule has 0 aromatic heterocycles. The number of nitrogens with one attached hydrogen (secondary N) is 2. The largest absolute Gasteiger partial charge is 0.466 e. The summed E-state index contributed by atoms with van der Waals surface area (Å²) in [6.07, 6.45) is 1.03. The van der Waals surface area contributed by atoms with Crippen LogP contribution in [0.15, 0.2) is 42.5 Å². The Kier molecular flexibility index (Phi) is 6.49. The smallest absolute Gasteiger partial charge is 0.319 e. The van der Waals surface area contributed by atoms with Crippen molar-refractivity contribution in [2.75, 3.05) is 23.4 Å². The number of nitrogens with zero attached hydrogens (tertiary/aromatic N) is 1. The van der Waals surface area contributed by atoms with Crippen LogP contribution in [0.2, 0.25) is 0 Å². The molecule has 2 aromatic carbocycles. The van der Waals surface area contributed by atoms with Gasteiger partial charge in [0.05, 0.1) is 13.0 Å². The highest BCUT2D eigenvalue weighted by Crippen LogP contribution is 2.28. The van der Waals surface area contributed by atoms with Crippen LogP contribution in [0, 0.1) is 0 Å². The van der Waals surface area contributed by atoms with Gasteiger partial charge in [-0.15, -0.1) is 0 Å². The number of anilines is 2. The summed E-state index contributed by atoms with van der Waals surface area (Å²) in [7, 11) is 0. The van der Waals surface area contributed by atoms with E-state index in [4.69, 9.17) is 4.74 Å². The van der Waals surface area contributed by atoms with Crippen molar-refractivity contribution < 1.29 is 19.1 Å². The van der Waals surface area contributed by atoms with E-state index < -0.39 is 0 Å². The topological polar surface area (TPSA) is 87.7 Å². The Labute approximate surface area is 170 Å². The minimum Gasteiger partial charge on any atom is -0.466 e. The minimum atomic E-state index is -0.311. The zero-order chi connectivity index (χ0) is 20.8. The van der Waals surface area contributed by atoms with Crippen LogP contribution in [0.4, 0.5) is 16.2 Å². The Hall–Kier alpha value is -3.35. The first-order chi connectivity index (χ1) is 14.0. The summed E-state index contributed by atoms with van der Waals surface area (Å²) in [5.41, 5.74) is 4.52. The Bertz CT molecular complexity index is 909. The minimum absolute atomic E-state index is 0.0438. The van der Waals surface area contributed by atoms with Crippen LogP contribution in [0.25, 0.3) is 0 Å². The Morgan fingerprint density at radius 3 is 2.48 bits per heavy atom. The lowest BCUT2D eigenvalue weighted by Gasteiger charge is -2.15. The lowest BCUT2D eigenvalue weighted by molar-refractivity contribution is -0.142. The van der Waals surface area contributed by atoms with Gasteiger partial charge in [0.2, 0.25) is 5.91 Å². The van der Waals surface area contributed by atoms with E-state index >= 15 is 0 Å². The van der Waals surface area contributed by atoms with Crippen LogP contribution in [0.1, 0.15) is 30.5 Å². The van der Waals surface area contributed by atoms with Crippen molar-refractivity contribution in [1.82, 2.24) is 5.32 Å². The zero-order valence-corrected chi connectivity index (χ0v) is 16.7. The number of carbonyl (C=O) groups excluding carboxylic acids is 3. The number of benzene rings is 2. The predicted molar refractivity (Wildman–Crippen MR) is 111 cm³/mol. The van der Waals surface area contributed by atoms with Crippen LogP contribution in [-0.4, -0.2) is 31.1 Å². The first-order valence-corrected chi connectivity index (χ1v) is 9.65. The van der Waals surface area contributed by atoms with Gasteiger partial charge in [0.25, 0.3) is 0 Å². The highest BCUT2D eigenvalue weighted by Gasteiger charge is 2.22. The Morgan fingerprint density at radius 1 is 1.07 bits per heavy atom. The van der Waals surface area contributed by atoms with E-state index in [0.717, 1.165) is 28.8 Å². The molecule has 0 aliphatic carbocycles. The lowest BCUT2D eigenvalue weighted by Crippen LogP contribution is -2.28. The van der Waals surface area contributed by atoms with E-state index in [1.165, 1.54) is 0 Å². The molecule has 0 radical (unpaired) electrons. The fourth-order valence-corrected chi connectivity index (χ4v) is 3.33. The van der Waals surface area contributed by atoms with Crippen LogP contribution in [0.3, 0.4) is 0 Å². The summed E-state index contributed by atoms with van der Waals surface area (Å²) in [5, 5.41) is 5.60. The van der Waals surface area contributed by atoms with E-state index in [9.17, 15) is 14.4 Å². The van der Waals surface area contributed by atoms with Gasteiger partial charge in [-0.05, 0) is 48.2 Å². The summed E-state index contributed by atoms with van der Waals surface area (Å²) < 4.78 is 4.92. The second-order valence-electron chi connectivity index (χ2n) is 6.87. The Morgan fingerprint density at radius 2 is 1.79 bits per heavy atom. The maximum Gasteiger partial charge on any atom is 0.319 e. The number of carbonyl (C=O) groups is 3. The number of fused-ring (bicyclic) bond motifs is 1. The molecule has 1 heterocycles. The van der Waals surface area contributed by atoms with Gasteiger partial charge in [0.15, 0.2) is 0 Å². The number of amides is 3. The van der Waals surface area contributed by atoms with Crippen LogP contribution in [-0.2, 0) is 33.7 Å². The first kappa shape index (κ1) is 20.4. The van der Waals surface area contributed by atoms with Crippen molar-refractivity contribution in [3.05, 3.63) is 59.2 Å². The molecule has 0 saturated heterocycles. The molecule has 7 nitrogen and oxygen atoms in total. The van der Waals surface area contributed by atoms with Gasteiger partial charge in [-0.2, -0.15) is 0 Å². The molecule has 1 aliphatic heterocycles. The molecule has 2 N–H and O–H groups in total. The lowest BCUT2D eigenvalue weighted by atomic mass is 10.1. The van der Waals surface area contributed by atoms with E-state index in [1.807, 2.05) is 18.2 Å². The molecule has 29 heavy (non-hydrogen) atoms. The van der Waals surface area contributed by atoms with Gasteiger partial charge >= 0.3 is 12.0 Å². The van der Waals surface area contributed by atoms with Crippen LogP contribution < -0.4 is 15.5 Å². The second-order valence-corrected chi connectivity index (χ2v) is 6.87. The van der Waals surface area contributed by atoms with E-state index in [-0.39, 0.29) is 24.3 Å². The fraction of sp³-hybridized carbons (Fsp3) is 0.318. The van der Waals surface area contributed by atoms with Crippen molar-refractivity contribution in [1.29, 1.82) is 0 Å². The molecular formula is C22H25N3O4. The van der Waals surface area contributed by atoms with Gasteiger partial charge in [-0.25, -0.2) is 4.79 Å². The number of urea groups is 1. The number of esters is 1. The Balaban J connectivity index is 1.50. The molecule has 0 saturated carbocycles. The SMILES string of the molecule is CCOC(=O)Cc1ccc(NC(=O)NCc2ccc3c(c2)CCN3C(C)=O)cc1. The molecule has 0 atom stereocenters. The normalized spacial score (nSPS) is 12.3. The number of hydrogen-bond donors (Lipinski definition) is 2. The maximum atomic E-state index is 12.2. The number of ether oxygens (including phenoxy) is 1. The third-order valence-corrected chi connectivity index (χ3v) is 4.74. The maximum absolute atomic E-state index is 12.2. The van der Waals surface area contributed by atoms with Crippen LogP contribution in [0.5, 0.6) is 0 Å².